The number of hydrogen-bond donors (Lipinski definition) is 1. The van der Waals surface area contributed by atoms with Crippen molar-refractivity contribution < 1.29 is 27.1 Å². The second-order valence-corrected chi connectivity index (χ2v) is 8.55. The van der Waals surface area contributed by atoms with Gasteiger partial charge in [-0.2, -0.15) is 4.72 Å². The highest BCUT2D eigenvalue weighted by Crippen LogP contribution is 2.32. The molecule has 1 N–H and O–H groups in total. The second-order valence-electron chi connectivity index (χ2n) is 5.11. The van der Waals surface area contributed by atoms with Gasteiger partial charge in [-0.25, -0.2) is 12.8 Å². The monoisotopic (exact) mass is 497 g/mol. The van der Waals surface area contributed by atoms with Crippen LogP contribution < -0.4 is 4.72 Å². The highest BCUT2D eigenvalue weighted by molar-refractivity contribution is 9.10. The van der Waals surface area contributed by atoms with E-state index in [9.17, 15) is 22.4 Å². The molecule has 0 bridgehead atoms. The van der Waals surface area contributed by atoms with E-state index in [1.165, 1.54) is 24.3 Å². The maximum atomic E-state index is 12.8. The Hall–Kier alpha value is -1.52. The summed E-state index contributed by atoms with van der Waals surface area (Å²) in [7, 11) is -4.19. The first-order valence-corrected chi connectivity index (χ1v) is 10.2. The molecule has 0 atom stereocenters. The molecule has 0 aliphatic carbocycles. The van der Waals surface area contributed by atoms with E-state index in [0.29, 0.717) is 4.47 Å². The van der Waals surface area contributed by atoms with Crippen molar-refractivity contribution in [1.82, 2.24) is 4.72 Å². The number of sulfonamides is 1. The molecule has 0 saturated carbocycles. The molecule has 0 heterocycles. The fourth-order valence-corrected chi connectivity index (χ4v) is 4.83. The molecule has 0 aliphatic heterocycles. The Morgan fingerprint density at radius 2 is 1.67 bits per heavy atom. The number of esters is 1. The molecule has 0 saturated heterocycles. The zero-order valence-corrected chi connectivity index (χ0v) is 17.3. The predicted molar refractivity (Wildman–Crippen MR) is 101 cm³/mol. The lowest BCUT2D eigenvalue weighted by molar-refractivity contribution is -0.141. The van der Waals surface area contributed by atoms with Gasteiger partial charge in [0.05, 0.1) is 10.0 Å². The third-order valence-electron chi connectivity index (χ3n) is 3.17. The van der Waals surface area contributed by atoms with E-state index < -0.39 is 40.7 Å². The van der Waals surface area contributed by atoms with Crippen molar-refractivity contribution in [3.8, 4) is 0 Å². The molecule has 0 radical (unpaired) electrons. The molecular formula is C16H11BrCl2FNO5S. The van der Waals surface area contributed by atoms with Gasteiger partial charge in [0.2, 0.25) is 10.0 Å². The zero-order valence-electron chi connectivity index (χ0n) is 13.3. The van der Waals surface area contributed by atoms with Crippen LogP contribution in [0.5, 0.6) is 0 Å². The molecule has 2 aromatic rings. The van der Waals surface area contributed by atoms with Gasteiger partial charge in [-0.15, -0.1) is 0 Å². The Morgan fingerprint density at radius 3 is 2.22 bits per heavy atom. The van der Waals surface area contributed by atoms with E-state index in [-0.39, 0.29) is 20.5 Å². The van der Waals surface area contributed by atoms with Crippen LogP contribution in [0.1, 0.15) is 10.4 Å². The topological polar surface area (TPSA) is 89.5 Å². The molecule has 144 valence electrons. The summed E-state index contributed by atoms with van der Waals surface area (Å²) in [5.74, 6) is -2.06. The summed E-state index contributed by atoms with van der Waals surface area (Å²) in [6.07, 6.45) is 0. The van der Waals surface area contributed by atoms with E-state index in [2.05, 4.69) is 15.9 Å². The molecule has 0 amide bonds. The molecule has 0 fully saturated rings. The van der Waals surface area contributed by atoms with Crippen LogP contribution in [0, 0.1) is 5.82 Å². The van der Waals surface area contributed by atoms with Crippen molar-refractivity contribution >= 4 is 60.9 Å². The number of rotatable bonds is 7. The smallest absolute Gasteiger partial charge is 0.321 e. The van der Waals surface area contributed by atoms with Gasteiger partial charge in [0.1, 0.15) is 17.3 Å². The van der Waals surface area contributed by atoms with Crippen LogP contribution in [0.2, 0.25) is 10.0 Å². The van der Waals surface area contributed by atoms with Crippen LogP contribution in [0.3, 0.4) is 0 Å². The summed E-state index contributed by atoms with van der Waals surface area (Å²) < 4.78 is 44.6. The summed E-state index contributed by atoms with van der Waals surface area (Å²) >= 11 is 14.9. The quantitative estimate of drug-likeness (QED) is 0.465. The van der Waals surface area contributed by atoms with Crippen LogP contribution in [0.4, 0.5) is 4.39 Å². The lowest BCUT2D eigenvalue weighted by Gasteiger charge is -2.10. The lowest BCUT2D eigenvalue weighted by atomic mass is 10.1. The minimum Gasteiger partial charge on any atom is -0.456 e. The van der Waals surface area contributed by atoms with Gasteiger partial charge >= 0.3 is 5.97 Å². The zero-order chi connectivity index (χ0) is 20.2. The lowest BCUT2D eigenvalue weighted by Crippen LogP contribution is -2.32. The average molecular weight is 499 g/mol. The first-order chi connectivity index (χ1) is 12.6. The van der Waals surface area contributed by atoms with E-state index in [1.54, 1.807) is 0 Å². The van der Waals surface area contributed by atoms with Crippen molar-refractivity contribution in [3.05, 3.63) is 62.3 Å². The van der Waals surface area contributed by atoms with Gasteiger partial charge in [0.25, 0.3) is 0 Å². The van der Waals surface area contributed by atoms with Crippen LogP contribution in [-0.4, -0.2) is 33.3 Å². The molecule has 6 nitrogen and oxygen atoms in total. The molecule has 27 heavy (non-hydrogen) atoms. The molecule has 0 aromatic heterocycles. The maximum absolute atomic E-state index is 12.8. The SMILES string of the molecule is O=C(CNS(=O)(=O)c1c(Cl)cc(Br)cc1Cl)OCC(=O)c1ccc(F)cc1. The van der Waals surface area contributed by atoms with Gasteiger partial charge in [-0.3, -0.25) is 9.59 Å². The number of nitrogens with one attached hydrogen (secondary N) is 1. The fraction of sp³-hybridized carbons (Fsp3) is 0.125. The van der Waals surface area contributed by atoms with Crippen molar-refractivity contribution in [2.75, 3.05) is 13.2 Å². The Labute approximate surface area is 172 Å². The van der Waals surface area contributed by atoms with Crippen LogP contribution in [0.25, 0.3) is 0 Å². The summed E-state index contributed by atoms with van der Waals surface area (Å²) in [5.41, 5.74) is 0.151. The third kappa shape index (κ3) is 5.98. The molecule has 2 rings (SSSR count). The van der Waals surface area contributed by atoms with Gasteiger partial charge < -0.3 is 4.74 Å². The molecule has 2 aromatic carbocycles. The minimum atomic E-state index is -4.19. The number of carbonyl (C=O) groups is 2. The van der Waals surface area contributed by atoms with Crippen molar-refractivity contribution in [1.29, 1.82) is 0 Å². The number of carbonyl (C=O) groups excluding carboxylic acids is 2. The highest BCUT2D eigenvalue weighted by atomic mass is 79.9. The second kappa shape index (κ2) is 9.11. The van der Waals surface area contributed by atoms with Crippen LogP contribution in [-0.2, 0) is 19.6 Å². The van der Waals surface area contributed by atoms with Gasteiger partial charge in [0, 0.05) is 10.0 Å². The predicted octanol–water partition coefficient (Wildman–Crippen LogP) is 3.60. The fourth-order valence-electron chi connectivity index (χ4n) is 1.93. The number of ether oxygens (including phenoxy) is 1. The molecular weight excluding hydrogens is 488 g/mol. The number of halogens is 4. The van der Waals surface area contributed by atoms with Crippen molar-refractivity contribution in [2.24, 2.45) is 0 Å². The first kappa shape index (κ1) is 21.8. The average Bonchev–Trinajstić information content (AvgIpc) is 2.57. The summed E-state index contributed by atoms with van der Waals surface area (Å²) in [4.78, 5) is 23.1. The van der Waals surface area contributed by atoms with Gasteiger partial charge in [-0.05, 0) is 36.4 Å². The molecule has 0 aliphatic rings. The summed E-state index contributed by atoms with van der Waals surface area (Å²) in [5, 5.41) is -0.275. The van der Waals surface area contributed by atoms with Gasteiger partial charge in [-0.1, -0.05) is 39.1 Å². The first-order valence-electron chi connectivity index (χ1n) is 7.19. The molecule has 0 spiro atoms. The van der Waals surface area contributed by atoms with E-state index in [4.69, 9.17) is 27.9 Å². The van der Waals surface area contributed by atoms with Crippen molar-refractivity contribution in [2.45, 2.75) is 4.90 Å². The number of Topliss-reactive ketones (excluding diaryl/α,β-unsaturated/α-hetero) is 1. The molecule has 0 unspecified atom stereocenters. The maximum Gasteiger partial charge on any atom is 0.321 e. The normalized spacial score (nSPS) is 11.3. The van der Waals surface area contributed by atoms with Gasteiger partial charge in [0.15, 0.2) is 12.4 Å². The summed E-state index contributed by atoms with van der Waals surface area (Å²) in [6, 6.07) is 7.34. The Bertz CT molecular complexity index is 960. The molecule has 11 heteroatoms. The summed E-state index contributed by atoms with van der Waals surface area (Å²) in [6.45, 7) is -1.35. The highest BCUT2D eigenvalue weighted by Gasteiger charge is 2.23. The van der Waals surface area contributed by atoms with E-state index in [0.717, 1.165) is 12.1 Å². The Morgan fingerprint density at radius 1 is 1.11 bits per heavy atom. The van der Waals surface area contributed by atoms with Crippen LogP contribution in [0.15, 0.2) is 45.8 Å². The Kier molecular flexibility index (Phi) is 7.35. The van der Waals surface area contributed by atoms with E-state index in [1.807, 2.05) is 4.72 Å². The van der Waals surface area contributed by atoms with Crippen molar-refractivity contribution in [3.63, 3.8) is 0 Å². The standard InChI is InChI=1S/C16H11BrCl2FNO5S/c17-10-5-12(18)16(13(19)6-10)27(24,25)21-7-15(23)26-8-14(22)9-1-3-11(20)4-2-9/h1-6,21H,7-8H2. The third-order valence-corrected chi connectivity index (χ3v) is 5.95. The number of hydrogen-bond acceptors (Lipinski definition) is 5. The van der Waals surface area contributed by atoms with Crippen LogP contribution >= 0.6 is 39.1 Å². The number of benzene rings is 2. The largest absolute Gasteiger partial charge is 0.456 e. The number of ketones is 1. The Balaban J connectivity index is 1.95. The minimum absolute atomic E-state index is 0.137. The van der Waals surface area contributed by atoms with E-state index >= 15 is 0 Å².